The van der Waals surface area contributed by atoms with Crippen molar-refractivity contribution in [3.8, 4) is 0 Å². The van der Waals surface area contributed by atoms with Gasteiger partial charge >= 0.3 is 0 Å². The van der Waals surface area contributed by atoms with Crippen molar-refractivity contribution in [1.82, 2.24) is 0 Å². The molecule has 1 heterocycles. The van der Waals surface area contributed by atoms with Gasteiger partial charge in [0.15, 0.2) is 0 Å². The number of aliphatic hydroxyl groups is 1. The summed E-state index contributed by atoms with van der Waals surface area (Å²) in [5.74, 6) is 1.98. The summed E-state index contributed by atoms with van der Waals surface area (Å²) in [6, 6.07) is 6.16. The lowest BCUT2D eigenvalue weighted by atomic mass is 10.0. The molecule has 1 aromatic rings. The molecule has 0 aliphatic carbocycles. The molecule has 0 bridgehead atoms. The first-order chi connectivity index (χ1) is 7.68. The van der Waals surface area contributed by atoms with Crippen molar-refractivity contribution < 1.29 is 9.50 Å². The van der Waals surface area contributed by atoms with Crippen LogP contribution in [0.4, 0.5) is 4.39 Å². The smallest absolute Gasteiger partial charge is 0.123 e. The quantitative estimate of drug-likeness (QED) is 0.880. The molecular formula is C12H15FOS2. The van der Waals surface area contributed by atoms with E-state index < -0.39 is 6.10 Å². The number of halogens is 1. The van der Waals surface area contributed by atoms with Crippen molar-refractivity contribution in [2.45, 2.75) is 23.5 Å². The van der Waals surface area contributed by atoms with Gasteiger partial charge in [0.1, 0.15) is 5.82 Å². The van der Waals surface area contributed by atoms with E-state index in [-0.39, 0.29) is 11.1 Å². The van der Waals surface area contributed by atoms with Gasteiger partial charge in [-0.1, -0.05) is 19.1 Å². The van der Waals surface area contributed by atoms with Crippen LogP contribution in [0, 0.1) is 5.82 Å². The average molecular weight is 258 g/mol. The average Bonchev–Trinajstić information content (AvgIpc) is 2.30. The van der Waals surface area contributed by atoms with Crippen molar-refractivity contribution in [3.05, 3.63) is 35.6 Å². The number of hydrogen-bond acceptors (Lipinski definition) is 3. The van der Waals surface area contributed by atoms with Gasteiger partial charge in [-0.2, -0.15) is 23.5 Å². The van der Waals surface area contributed by atoms with Gasteiger partial charge in [0.05, 0.1) is 6.10 Å². The maximum absolute atomic E-state index is 12.8. The zero-order valence-corrected chi connectivity index (χ0v) is 10.7. The molecule has 0 spiro atoms. The Morgan fingerprint density at radius 3 is 2.50 bits per heavy atom. The van der Waals surface area contributed by atoms with Crippen LogP contribution >= 0.6 is 23.5 Å². The monoisotopic (exact) mass is 258 g/mol. The first-order valence-electron chi connectivity index (χ1n) is 5.35. The lowest BCUT2D eigenvalue weighted by Crippen LogP contribution is -2.29. The Kier molecular flexibility index (Phi) is 4.16. The van der Waals surface area contributed by atoms with Crippen LogP contribution in [0.5, 0.6) is 0 Å². The molecule has 1 fully saturated rings. The van der Waals surface area contributed by atoms with Gasteiger partial charge in [-0.05, 0) is 17.7 Å². The highest BCUT2D eigenvalue weighted by atomic mass is 32.2. The molecule has 0 amide bonds. The van der Waals surface area contributed by atoms with Crippen LogP contribution < -0.4 is 0 Å². The van der Waals surface area contributed by atoms with Crippen LogP contribution in [0.15, 0.2) is 24.3 Å². The third-order valence-corrected chi connectivity index (χ3v) is 5.94. The van der Waals surface area contributed by atoms with Gasteiger partial charge in [-0.25, -0.2) is 4.39 Å². The van der Waals surface area contributed by atoms with Gasteiger partial charge < -0.3 is 5.11 Å². The minimum absolute atomic E-state index is 0.212. The predicted octanol–water partition coefficient (Wildman–Crippen LogP) is 3.10. The summed E-state index contributed by atoms with van der Waals surface area (Å²) >= 11 is 3.71. The predicted molar refractivity (Wildman–Crippen MR) is 69.5 cm³/mol. The molecule has 2 rings (SSSR count). The van der Waals surface area contributed by atoms with Crippen LogP contribution in [0.2, 0.25) is 0 Å². The van der Waals surface area contributed by atoms with E-state index in [9.17, 15) is 9.50 Å². The SMILES string of the molecule is CC1SCCSC1C(O)c1ccc(F)cc1. The summed E-state index contributed by atoms with van der Waals surface area (Å²) in [4.78, 5) is 0. The molecule has 88 valence electrons. The van der Waals surface area contributed by atoms with E-state index in [1.54, 1.807) is 12.1 Å². The number of benzene rings is 1. The molecule has 16 heavy (non-hydrogen) atoms. The Bertz CT molecular complexity index is 341. The van der Waals surface area contributed by atoms with Crippen LogP contribution in [0.25, 0.3) is 0 Å². The zero-order chi connectivity index (χ0) is 11.5. The Balaban J connectivity index is 2.11. The molecule has 1 aromatic carbocycles. The highest BCUT2D eigenvalue weighted by Gasteiger charge is 2.29. The largest absolute Gasteiger partial charge is 0.387 e. The van der Waals surface area contributed by atoms with E-state index in [0.717, 1.165) is 17.1 Å². The minimum Gasteiger partial charge on any atom is -0.387 e. The highest BCUT2D eigenvalue weighted by molar-refractivity contribution is 8.07. The number of thioether (sulfide) groups is 2. The van der Waals surface area contributed by atoms with Gasteiger partial charge in [-0.3, -0.25) is 0 Å². The third kappa shape index (κ3) is 2.73. The minimum atomic E-state index is -0.492. The summed E-state index contributed by atoms with van der Waals surface area (Å²) in [5.41, 5.74) is 0.813. The molecule has 1 aliphatic rings. The Labute approximate surface area is 104 Å². The second-order valence-corrected chi connectivity index (χ2v) is 6.68. The first kappa shape index (κ1) is 12.3. The van der Waals surface area contributed by atoms with E-state index in [1.165, 1.54) is 12.1 Å². The van der Waals surface area contributed by atoms with Crippen molar-refractivity contribution in [2.24, 2.45) is 0 Å². The zero-order valence-electron chi connectivity index (χ0n) is 9.10. The molecular weight excluding hydrogens is 243 g/mol. The van der Waals surface area contributed by atoms with Crippen LogP contribution in [0.1, 0.15) is 18.6 Å². The van der Waals surface area contributed by atoms with Crippen LogP contribution in [0.3, 0.4) is 0 Å². The fourth-order valence-electron chi connectivity index (χ4n) is 1.85. The molecule has 1 aliphatic heterocycles. The molecule has 1 N–H and O–H groups in total. The lowest BCUT2D eigenvalue weighted by Gasteiger charge is -2.31. The standard InChI is InChI=1S/C12H15FOS2/c1-8-12(16-7-6-15-8)11(14)9-2-4-10(13)5-3-9/h2-5,8,11-12,14H,6-7H2,1H3. The number of rotatable bonds is 2. The van der Waals surface area contributed by atoms with E-state index in [2.05, 4.69) is 6.92 Å². The maximum Gasteiger partial charge on any atom is 0.123 e. The molecule has 3 unspecified atom stereocenters. The fourth-order valence-corrected chi connectivity index (χ4v) is 4.68. The van der Waals surface area contributed by atoms with Crippen molar-refractivity contribution >= 4 is 23.5 Å². The molecule has 0 aromatic heterocycles. The Hall–Kier alpha value is -0.190. The Morgan fingerprint density at radius 1 is 1.25 bits per heavy atom. The van der Waals surface area contributed by atoms with Gasteiger partial charge in [-0.15, -0.1) is 0 Å². The summed E-state index contributed by atoms with van der Waals surface area (Å²) in [6.45, 7) is 2.15. The summed E-state index contributed by atoms with van der Waals surface area (Å²) < 4.78 is 12.8. The van der Waals surface area contributed by atoms with Gasteiger partial charge in [0.2, 0.25) is 0 Å². The van der Waals surface area contributed by atoms with Crippen LogP contribution in [-0.2, 0) is 0 Å². The van der Waals surface area contributed by atoms with Gasteiger partial charge in [0.25, 0.3) is 0 Å². The van der Waals surface area contributed by atoms with Crippen molar-refractivity contribution in [1.29, 1.82) is 0 Å². The molecule has 3 atom stereocenters. The molecule has 1 nitrogen and oxygen atoms in total. The van der Waals surface area contributed by atoms with Crippen molar-refractivity contribution in [3.63, 3.8) is 0 Å². The fraction of sp³-hybridized carbons (Fsp3) is 0.500. The molecule has 4 heteroatoms. The third-order valence-electron chi connectivity index (χ3n) is 2.76. The maximum atomic E-state index is 12.8. The summed E-state index contributed by atoms with van der Waals surface area (Å²) in [7, 11) is 0. The number of aliphatic hydroxyl groups excluding tert-OH is 1. The molecule has 1 saturated heterocycles. The first-order valence-corrected chi connectivity index (χ1v) is 7.45. The second-order valence-electron chi connectivity index (χ2n) is 3.91. The van der Waals surface area contributed by atoms with Crippen LogP contribution in [-0.4, -0.2) is 27.1 Å². The van der Waals surface area contributed by atoms with Crippen molar-refractivity contribution in [2.75, 3.05) is 11.5 Å². The van der Waals surface area contributed by atoms with E-state index in [1.807, 2.05) is 23.5 Å². The van der Waals surface area contributed by atoms with E-state index >= 15 is 0 Å². The van der Waals surface area contributed by atoms with E-state index in [4.69, 9.17) is 0 Å². The van der Waals surface area contributed by atoms with Gasteiger partial charge in [0, 0.05) is 22.0 Å². The molecule has 0 radical (unpaired) electrons. The molecule has 0 saturated carbocycles. The Morgan fingerprint density at radius 2 is 1.88 bits per heavy atom. The lowest BCUT2D eigenvalue weighted by molar-refractivity contribution is 0.174. The second kappa shape index (κ2) is 5.43. The number of hydrogen-bond donors (Lipinski definition) is 1. The topological polar surface area (TPSA) is 20.2 Å². The normalized spacial score (nSPS) is 27.7. The highest BCUT2D eigenvalue weighted by Crippen LogP contribution is 2.38. The van der Waals surface area contributed by atoms with E-state index in [0.29, 0.717) is 5.25 Å². The summed E-state index contributed by atoms with van der Waals surface area (Å²) in [5, 5.41) is 10.9. The summed E-state index contributed by atoms with van der Waals surface area (Å²) in [6.07, 6.45) is -0.492.